The van der Waals surface area contributed by atoms with Crippen molar-refractivity contribution in [2.45, 2.75) is 45.7 Å². The third-order valence-corrected chi connectivity index (χ3v) is 7.87. The Morgan fingerprint density at radius 1 is 1.29 bits per heavy atom. The van der Waals surface area contributed by atoms with Crippen molar-refractivity contribution in [3.05, 3.63) is 15.6 Å². The zero-order valence-corrected chi connectivity index (χ0v) is 15.9. The van der Waals surface area contributed by atoms with Gasteiger partial charge in [-0.2, -0.15) is 0 Å². The van der Waals surface area contributed by atoms with Gasteiger partial charge in [-0.1, -0.05) is 0 Å². The Bertz CT molecular complexity index is 706. The zero-order chi connectivity index (χ0) is 17.3. The summed E-state index contributed by atoms with van der Waals surface area (Å²) in [4.78, 5) is 20.1. The summed E-state index contributed by atoms with van der Waals surface area (Å²) in [6, 6.07) is 0.154. The van der Waals surface area contributed by atoms with E-state index in [1.54, 1.807) is 11.3 Å². The number of aromatic nitrogens is 1. The molecule has 2 aliphatic rings. The summed E-state index contributed by atoms with van der Waals surface area (Å²) >= 11 is 1.63. The van der Waals surface area contributed by atoms with Gasteiger partial charge in [0.15, 0.2) is 9.84 Å². The number of hydrogen-bond donors (Lipinski definition) is 1. The molecule has 2 saturated heterocycles. The Kier molecular flexibility index (Phi) is 5.27. The lowest BCUT2D eigenvalue weighted by Gasteiger charge is -2.34. The standard InChI is InChI=1S/C16H25N3O3S2/c1-11-15(23-12(2)18-11)9-17-16(20)13-3-6-19(7-4-13)14-5-8-24(21,22)10-14/h13-14H,3-10H2,1-2H3,(H,17,20). The molecule has 24 heavy (non-hydrogen) atoms. The van der Waals surface area contributed by atoms with Crippen LogP contribution in [0.3, 0.4) is 0 Å². The number of hydrogen-bond acceptors (Lipinski definition) is 6. The van der Waals surface area contributed by atoms with Crippen molar-refractivity contribution in [1.29, 1.82) is 0 Å². The molecule has 0 aliphatic carbocycles. The lowest BCUT2D eigenvalue weighted by atomic mass is 9.94. The summed E-state index contributed by atoms with van der Waals surface area (Å²) in [6.07, 6.45) is 2.36. The molecule has 3 heterocycles. The molecule has 1 aromatic heterocycles. The second-order valence-corrected chi connectivity index (χ2v) is 10.3. The molecule has 1 atom stereocenters. The Morgan fingerprint density at radius 3 is 2.54 bits per heavy atom. The van der Waals surface area contributed by atoms with E-state index >= 15 is 0 Å². The smallest absolute Gasteiger partial charge is 0.223 e. The second-order valence-electron chi connectivity index (χ2n) is 6.83. The highest BCUT2D eigenvalue weighted by Crippen LogP contribution is 2.25. The minimum absolute atomic E-state index is 0.0357. The van der Waals surface area contributed by atoms with E-state index in [9.17, 15) is 13.2 Å². The van der Waals surface area contributed by atoms with Gasteiger partial charge in [0.25, 0.3) is 0 Å². The normalized spacial score (nSPS) is 25.0. The van der Waals surface area contributed by atoms with Crippen LogP contribution in [0.1, 0.15) is 34.8 Å². The van der Waals surface area contributed by atoms with Gasteiger partial charge in [0, 0.05) is 16.8 Å². The Balaban J connectivity index is 1.46. The lowest BCUT2D eigenvalue weighted by Crippen LogP contribution is -2.45. The third kappa shape index (κ3) is 4.15. The fraction of sp³-hybridized carbons (Fsp3) is 0.750. The van der Waals surface area contributed by atoms with Crippen LogP contribution in [0.4, 0.5) is 0 Å². The molecule has 3 rings (SSSR count). The van der Waals surface area contributed by atoms with Crippen LogP contribution in [0.2, 0.25) is 0 Å². The molecule has 6 nitrogen and oxygen atoms in total. The highest BCUT2D eigenvalue weighted by atomic mass is 32.2. The Morgan fingerprint density at radius 2 is 2.00 bits per heavy atom. The molecule has 2 fully saturated rings. The molecule has 0 bridgehead atoms. The number of rotatable bonds is 4. The zero-order valence-electron chi connectivity index (χ0n) is 14.2. The number of sulfone groups is 1. The lowest BCUT2D eigenvalue weighted by molar-refractivity contribution is -0.126. The molecule has 1 N–H and O–H groups in total. The van der Waals surface area contributed by atoms with Gasteiger partial charge in [-0.15, -0.1) is 11.3 Å². The van der Waals surface area contributed by atoms with E-state index in [-0.39, 0.29) is 23.6 Å². The molecule has 0 aromatic carbocycles. The van der Waals surface area contributed by atoms with Gasteiger partial charge in [0.05, 0.1) is 28.8 Å². The Hall–Kier alpha value is -0.990. The number of amides is 1. The van der Waals surface area contributed by atoms with Crippen LogP contribution < -0.4 is 5.32 Å². The van der Waals surface area contributed by atoms with Crippen LogP contribution in [0, 0.1) is 19.8 Å². The van der Waals surface area contributed by atoms with Crippen molar-refractivity contribution in [2.75, 3.05) is 24.6 Å². The van der Waals surface area contributed by atoms with Crippen LogP contribution in [0.5, 0.6) is 0 Å². The largest absolute Gasteiger partial charge is 0.351 e. The van der Waals surface area contributed by atoms with Crippen molar-refractivity contribution in [3.63, 3.8) is 0 Å². The van der Waals surface area contributed by atoms with Crippen LogP contribution in [0.15, 0.2) is 0 Å². The van der Waals surface area contributed by atoms with E-state index in [0.717, 1.165) is 47.9 Å². The number of carbonyl (C=O) groups excluding carboxylic acids is 1. The predicted octanol–water partition coefficient (Wildman–Crippen LogP) is 1.28. The molecule has 8 heteroatoms. The number of nitrogens with zero attached hydrogens (tertiary/aromatic N) is 2. The van der Waals surface area contributed by atoms with Crippen molar-refractivity contribution in [2.24, 2.45) is 5.92 Å². The highest BCUT2D eigenvalue weighted by molar-refractivity contribution is 7.91. The van der Waals surface area contributed by atoms with E-state index in [4.69, 9.17) is 0 Å². The molecule has 1 unspecified atom stereocenters. The number of carbonyl (C=O) groups is 1. The van der Waals surface area contributed by atoms with E-state index in [1.807, 2.05) is 13.8 Å². The molecular formula is C16H25N3O3S2. The number of nitrogens with one attached hydrogen (secondary N) is 1. The molecule has 1 amide bonds. The topological polar surface area (TPSA) is 79.4 Å². The minimum Gasteiger partial charge on any atom is -0.351 e. The summed E-state index contributed by atoms with van der Waals surface area (Å²) in [7, 11) is -2.84. The third-order valence-electron chi connectivity index (χ3n) is 5.05. The van der Waals surface area contributed by atoms with Gasteiger partial charge >= 0.3 is 0 Å². The highest BCUT2D eigenvalue weighted by Gasteiger charge is 2.35. The Labute approximate surface area is 147 Å². The van der Waals surface area contributed by atoms with Crippen LogP contribution in [0.25, 0.3) is 0 Å². The monoisotopic (exact) mass is 371 g/mol. The van der Waals surface area contributed by atoms with Crippen molar-refractivity contribution < 1.29 is 13.2 Å². The van der Waals surface area contributed by atoms with Gasteiger partial charge in [-0.3, -0.25) is 9.69 Å². The fourth-order valence-corrected chi connectivity index (χ4v) is 6.28. The maximum atomic E-state index is 12.4. The number of piperidine rings is 1. The maximum absolute atomic E-state index is 12.4. The molecule has 0 radical (unpaired) electrons. The van der Waals surface area contributed by atoms with Crippen LogP contribution >= 0.6 is 11.3 Å². The first-order valence-electron chi connectivity index (χ1n) is 8.49. The summed E-state index contributed by atoms with van der Waals surface area (Å²) in [5.74, 6) is 0.743. The molecular weight excluding hydrogens is 346 g/mol. The quantitative estimate of drug-likeness (QED) is 0.862. The van der Waals surface area contributed by atoms with Gasteiger partial charge < -0.3 is 5.32 Å². The van der Waals surface area contributed by atoms with E-state index in [1.165, 1.54) is 0 Å². The van der Waals surface area contributed by atoms with Crippen LogP contribution in [-0.2, 0) is 21.2 Å². The summed E-state index contributed by atoms with van der Waals surface area (Å²) in [5.41, 5.74) is 0.995. The summed E-state index contributed by atoms with van der Waals surface area (Å²) < 4.78 is 23.2. The molecule has 0 spiro atoms. The number of thiazole rings is 1. The summed E-state index contributed by atoms with van der Waals surface area (Å²) in [5, 5.41) is 4.06. The van der Waals surface area contributed by atoms with Gasteiger partial charge in [0.2, 0.25) is 5.91 Å². The van der Waals surface area contributed by atoms with Crippen molar-refractivity contribution >= 4 is 27.1 Å². The van der Waals surface area contributed by atoms with Gasteiger partial charge in [-0.25, -0.2) is 13.4 Å². The maximum Gasteiger partial charge on any atom is 0.223 e. The van der Waals surface area contributed by atoms with E-state index in [2.05, 4.69) is 15.2 Å². The SMILES string of the molecule is Cc1nc(C)c(CNC(=O)C2CCN(C3CCS(=O)(=O)C3)CC2)s1. The number of likely N-dealkylation sites (tertiary alicyclic amines) is 1. The number of aryl methyl sites for hydroxylation is 2. The molecule has 0 saturated carbocycles. The predicted molar refractivity (Wildman–Crippen MR) is 94.8 cm³/mol. The van der Waals surface area contributed by atoms with Crippen LogP contribution in [-0.4, -0.2) is 54.8 Å². The fourth-order valence-electron chi connectivity index (χ4n) is 3.64. The first-order chi connectivity index (χ1) is 11.3. The first-order valence-corrected chi connectivity index (χ1v) is 11.1. The van der Waals surface area contributed by atoms with E-state index in [0.29, 0.717) is 12.3 Å². The van der Waals surface area contributed by atoms with Gasteiger partial charge in [0.1, 0.15) is 0 Å². The minimum atomic E-state index is -2.84. The molecule has 1 aromatic rings. The average Bonchev–Trinajstić information content (AvgIpc) is 3.06. The first kappa shape index (κ1) is 17.8. The van der Waals surface area contributed by atoms with E-state index < -0.39 is 9.84 Å². The average molecular weight is 372 g/mol. The van der Waals surface area contributed by atoms with Crippen molar-refractivity contribution in [3.8, 4) is 0 Å². The van der Waals surface area contributed by atoms with Crippen molar-refractivity contribution in [1.82, 2.24) is 15.2 Å². The summed E-state index contributed by atoms with van der Waals surface area (Å²) in [6.45, 7) is 6.13. The molecule has 2 aliphatic heterocycles. The molecule has 134 valence electrons. The second kappa shape index (κ2) is 7.09. The van der Waals surface area contributed by atoms with Gasteiger partial charge in [-0.05, 0) is 46.2 Å².